The summed E-state index contributed by atoms with van der Waals surface area (Å²) in [5.74, 6) is 0. The molecule has 0 aliphatic heterocycles. The third-order valence-corrected chi connectivity index (χ3v) is 6.09. The highest BCUT2D eigenvalue weighted by atomic mass is 35.5. The lowest BCUT2D eigenvalue weighted by molar-refractivity contribution is 0.184. The topological polar surface area (TPSA) is 25.4 Å². The van der Waals surface area contributed by atoms with Crippen molar-refractivity contribution in [2.45, 2.75) is 33.4 Å². The molecule has 1 heterocycles. The molecule has 3 nitrogen and oxygen atoms in total. The van der Waals surface area contributed by atoms with Gasteiger partial charge in [-0.1, -0.05) is 54.4 Å². The Hall–Kier alpha value is -1.59. The predicted octanol–water partition coefficient (Wildman–Crippen LogP) is 6.99. The SMILES string of the molecule is CCCN(Cc1ccccc1COC)c1nc(-c2ccc(Cl)cc2Cl)c(C)s1. The first-order valence-corrected chi connectivity index (χ1v) is 10.8. The molecule has 0 fully saturated rings. The van der Waals surface area contributed by atoms with E-state index < -0.39 is 0 Å². The van der Waals surface area contributed by atoms with E-state index in [2.05, 4.69) is 43.0 Å². The van der Waals surface area contributed by atoms with Crippen molar-refractivity contribution in [1.82, 2.24) is 4.98 Å². The van der Waals surface area contributed by atoms with E-state index in [0.29, 0.717) is 16.7 Å². The average molecular weight is 435 g/mol. The summed E-state index contributed by atoms with van der Waals surface area (Å²) >= 11 is 14.2. The first-order chi connectivity index (χ1) is 13.5. The van der Waals surface area contributed by atoms with Crippen molar-refractivity contribution in [3.63, 3.8) is 0 Å². The fourth-order valence-electron chi connectivity index (χ4n) is 3.18. The van der Waals surface area contributed by atoms with Gasteiger partial charge in [-0.25, -0.2) is 4.98 Å². The van der Waals surface area contributed by atoms with E-state index in [1.165, 1.54) is 11.1 Å². The Balaban J connectivity index is 1.93. The highest BCUT2D eigenvalue weighted by molar-refractivity contribution is 7.16. The zero-order valence-corrected chi connectivity index (χ0v) is 18.7. The standard InChI is InChI=1S/C22H24Cl2N2OS/c1-4-11-26(13-16-7-5-6-8-17(16)14-27-3)22-25-21(15(2)28-22)19-10-9-18(23)12-20(19)24/h5-10,12H,4,11,13-14H2,1-3H3. The Morgan fingerprint density at radius 2 is 1.86 bits per heavy atom. The minimum absolute atomic E-state index is 0.610. The Morgan fingerprint density at radius 1 is 1.11 bits per heavy atom. The summed E-state index contributed by atoms with van der Waals surface area (Å²) in [5.41, 5.74) is 4.31. The molecule has 0 N–H and O–H groups in total. The molecule has 0 radical (unpaired) electrons. The number of benzene rings is 2. The molecule has 0 atom stereocenters. The zero-order chi connectivity index (χ0) is 20.1. The summed E-state index contributed by atoms with van der Waals surface area (Å²) in [6.45, 7) is 6.62. The summed E-state index contributed by atoms with van der Waals surface area (Å²) in [7, 11) is 1.73. The van der Waals surface area contributed by atoms with Crippen LogP contribution in [0.4, 0.5) is 5.13 Å². The van der Waals surface area contributed by atoms with E-state index in [4.69, 9.17) is 32.9 Å². The van der Waals surface area contributed by atoms with Gasteiger partial charge in [0.2, 0.25) is 0 Å². The lowest BCUT2D eigenvalue weighted by Crippen LogP contribution is -2.24. The molecule has 0 saturated heterocycles. The van der Waals surface area contributed by atoms with Crippen molar-refractivity contribution >= 4 is 39.7 Å². The molecular formula is C22H24Cl2N2OS. The second kappa shape index (κ2) is 9.75. The predicted molar refractivity (Wildman–Crippen MR) is 121 cm³/mol. The molecule has 0 spiro atoms. The molecule has 0 bridgehead atoms. The highest BCUT2D eigenvalue weighted by Crippen LogP contribution is 2.37. The molecule has 1 aromatic heterocycles. The van der Waals surface area contributed by atoms with Crippen LogP contribution in [0.15, 0.2) is 42.5 Å². The van der Waals surface area contributed by atoms with E-state index in [1.807, 2.05) is 12.1 Å². The summed E-state index contributed by atoms with van der Waals surface area (Å²) in [6.07, 6.45) is 1.04. The molecule has 0 unspecified atom stereocenters. The maximum absolute atomic E-state index is 6.42. The second-order valence-corrected chi connectivity index (χ2v) is 8.67. The number of hydrogen-bond donors (Lipinski definition) is 0. The summed E-state index contributed by atoms with van der Waals surface area (Å²) in [5, 5.41) is 2.26. The largest absolute Gasteiger partial charge is 0.380 e. The van der Waals surface area contributed by atoms with Gasteiger partial charge in [-0.3, -0.25) is 0 Å². The van der Waals surface area contributed by atoms with Gasteiger partial charge in [-0.05, 0) is 42.7 Å². The third-order valence-electron chi connectivity index (χ3n) is 4.52. The summed E-state index contributed by atoms with van der Waals surface area (Å²) < 4.78 is 5.36. The van der Waals surface area contributed by atoms with Crippen LogP contribution < -0.4 is 4.90 Å². The average Bonchev–Trinajstić information content (AvgIpc) is 3.04. The molecule has 2 aromatic carbocycles. The highest BCUT2D eigenvalue weighted by Gasteiger charge is 2.18. The van der Waals surface area contributed by atoms with E-state index >= 15 is 0 Å². The van der Waals surface area contributed by atoms with Gasteiger partial charge in [0.15, 0.2) is 5.13 Å². The van der Waals surface area contributed by atoms with Crippen LogP contribution in [0, 0.1) is 6.92 Å². The normalized spacial score (nSPS) is 11.0. The Bertz CT molecular complexity index is 942. The van der Waals surface area contributed by atoms with Crippen molar-refractivity contribution in [2.24, 2.45) is 0 Å². The first-order valence-electron chi connectivity index (χ1n) is 9.27. The zero-order valence-electron chi connectivity index (χ0n) is 16.3. The van der Waals surface area contributed by atoms with Crippen LogP contribution >= 0.6 is 34.5 Å². The number of thiazole rings is 1. The minimum atomic E-state index is 0.610. The van der Waals surface area contributed by atoms with Crippen molar-refractivity contribution in [3.8, 4) is 11.3 Å². The van der Waals surface area contributed by atoms with Gasteiger partial charge in [-0.2, -0.15) is 0 Å². The minimum Gasteiger partial charge on any atom is -0.380 e. The van der Waals surface area contributed by atoms with Crippen molar-refractivity contribution in [3.05, 3.63) is 68.5 Å². The lowest BCUT2D eigenvalue weighted by atomic mass is 10.1. The third kappa shape index (κ3) is 4.87. The number of aromatic nitrogens is 1. The number of nitrogens with zero attached hydrogens (tertiary/aromatic N) is 2. The molecule has 6 heteroatoms. The monoisotopic (exact) mass is 434 g/mol. The van der Waals surface area contributed by atoms with Crippen LogP contribution in [0.1, 0.15) is 29.3 Å². The molecule has 0 aliphatic carbocycles. The van der Waals surface area contributed by atoms with E-state index in [0.717, 1.165) is 40.8 Å². The van der Waals surface area contributed by atoms with Crippen molar-refractivity contribution < 1.29 is 4.74 Å². The van der Waals surface area contributed by atoms with Gasteiger partial charge in [0, 0.05) is 35.7 Å². The molecule has 3 rings (SSSR count). The van der Waals surface area contributed by atoms with Gasteiger partial charge in [0.25, 0.3) is 0 Å². The molecule has 0 aliphatic rings. The van der Waals surface area contributed by atoms with Crippen LogP contribution in [-0.4, -0.2) is 18.6 Å². The maximum atomic E-state index is 6.42. The Kier molecular flexibility index (Phi) is 7.36. The lowest BCUT2D eigenvalue weighted by Gasteiger charge is -2.22. The number of halogens is 2. The van der Waals surface area contributed by atoms with Crippen molar-refractivity contribution in [2.75, 3.05) is 18.6 Å². The smallest absolute Gasteiger partial charge is 0.186 e. The van der Waals surface area contributed by atoms with Crippen LogP contribution in [0.5, 0.6) is 0 Å². The Labute approximate surface area is 180 Å². The van der Waals surface area contributed by atoms with Gasteiger partial charge < -0.3 is 9.64 Å². The molecule has 3 aromatic rings. The summed E-state index contributed by atoms with van der Waals surface area (Å²) in [4.78, 5) is 8.42. The molecule has 0 saturated carbocycles. The van der Waals surface area contributed by atoms with Crippen LogP contribution in [-0.2, 0) is 17.9 Å². The van der Waals surface area contributed by atoms with E-state index in [-0.39, 0.29) is 0 Å². The number of anilines is 1. The first kappa shape index (κ1) is 21.1. The quantitative estimate of drug-likeness (QED) is 0.381. The van der Waals surface area contributed by atoms with E-state index in [1.54, 1.807) is 24.5 Å². The summed E-state index contributed by atoms with van der Waals surface area (Å²) in [6, 6.07) is 14.0. The number of ether oxygens (including phenoxy) is 1. The number of methoxy groups -OCH3 is 1. The van der Waals surface area contributed by atoms with Gasteiger partial charge in [-0.15, -0.1) is 11.3 Å². The number of hydrogen-bond acceptors (Lipinski definition) is 4. The van der Waals surface area contributed by atoms with Gasteiger partial charge >= 0.3 is 0 Å². The number of aryl methyl sites for hydroxylation is 1. The fraction of sp³-hybridized carbons (Fsp3) is 0.318. The number of rotatable bonds is 8. The van der Waals surface area contributed by atoms with Crippen LogP contribution in [0.2, 0.25) is 10.0 Å². The van der Waals surface area contributed by atoms with Gasteiger partial charge in [0.1, 0.15) is 0 Å². The van der Waals surface area contributed by atoms with Crippen molar-refractivity contribution in [1.29, 1.82) is 0 Å². The molecular weight excluding hydrogens is 411 g/mol. The maximum Gasteiger partial charge on any atom is 0.186 e. The Morgan fingerprint density at radius 3 is 2.54 bits per heavy atom. The van der Waals surface area contributed by atoms with E-state index in [9.17, 15) is 0 Å². The van der Waals surface area contributed by atoms with Crippen LogP contribution in [0.25, 0.3) is 11.3 Å². The van der Waals surface area contributed by atoms with Gasteiger partial charge in [0.05, 0.1) is 17.3 Å². The second-order valence-electron chi connectivity index (χ2n) is 6.65. The molecule has 148 valence electrons. The molecule has 0 amide bonds. The molecule has 28 heavy (non-hydrogen) atoms. The van der Waals surface area contributed by atoms with Crippen LogP contribution in [0.3, 0.4) is 0 Å². The fourth-order valence-corrected chi connectivity index (χ4v) is 4.62.